The van der Waals surface area contributed by atoms with Gasteiger partial charge in [0.1, 0.15) is 17.5 Å². The Morgan fingerprint density at radius 3 is 2.71 bits per heavy atom. The molecule has 31 heavy (non-hydrogen) atoms. The standard InChI is InChI=1S/C21H24N10/c1-12-7-17(30-29-12)26-20-18-13(10-23)11-24-19(18)27-21(28-20)25-14-8-15-3-4-16(9-14)31(15)6-2-5-22/h7,11,14-16H,2-4,6,8-9H2,1H3,(H4,24,25,26,27,28,29,30)/t14-,15-,16+. The number of aromatic nitrogens is 5. The Hall–Kier alpha value is -3.63. The largest absolute Gasteiger partial charge is 0.351 e. The predicted octanol–water partition coefficient (Wildman–Crippen LogP) is 2.93. The van der Waals surface area contributed by atoms with Crippen molar-refractivity contribution in [1.82, 2.24) is 30.0 Å². The minimum atomic E-state index is 0.277. The molecule has 0 radical (unpaired) electrons. The molecule has 10 nitrogen and oxygen atoms in total. The van der Waals surface area contributed by atoms with Crippen LogP contribution in [0.1, 0.15) is 43.4 Å². The second-order valence-electron chi connectivity index (χ2n) is 8.34. The number of fused-ring (bicyclic) bond motifs is 3. The summed E-state index contributed by atoms with van der Waals surface area (Å²) < 4.78 is 0. The Morgan fingerprint density at radius 2 is 2.03 bits per heavy atom. The van der Waals surface area contributed by atoms with Crippen LogP contribution in [0, 0.1) is 29.6 Å². The van der Waals surface area contributed by atoms with E-state index in [1.54, 1.807) is 6.20 Å². The molecule has 2 aliphatic rings. The van der Waals surface area contributed by atoms with Gasteiger partial charge in [-0.05, 0) is 32.6 Å². The summed E-state index contributed by atoms with van der Waals surface area (Å²) in [7, 11) is 0. The molecular weight excluding hydrogens is 392 g/mol. The molecular formula is C21H24N10. The third kappa shape index (κ3) is 3.66. The third-order valence-corrected chi connectivity index (χ3v) is 6.30. The van der Waals surface area contributed by atoms with Crippen LogP contribution in [0.4, 0.5) is 17.6 Å². The van der Waals surface area contributed by atoms with Crippen LogP contribution < -0.4 is 10.6 Å². The van der Waals surface area contributed by atoms with Crippen LogP contribution >= 0.6 is 0 Å². The number of anilines is 3. The molecule has 158 valence electrons. The quantitative estimate of drug-likeness (QED) is 0.480. The summed E-state index contributed by atoms with van der Waals surface area (Å²) in [5.74, 6) is 1.71. The van der Waals surface area contributed by atoms with Crippen LogP contribution in [0.2, 0.25) is 0 Å². The molecule has 0 spiro atoms. The lowest BCUT2D eigenvalue weighted by Crippen LogP contribution is -2.47. The zero-order valence-electron chi connectivity index (χ0n) is 17.3. The van der Waals surface area contributed by atoms with Gasteiger partial charge in [0.2, 0.25) is 5.95 Å². The lowest BCUT2D eigenvalue weighted by Gasteiger charge is -2.38. The average molecular weight is 416 g/mol. The molecule has 0 unspecified atom stereocenters. The molecule has 0 saturated carbocycles. The monoisotopic (exact) mass is 416 g/mol. The van der Waals surface area contributed by atoms with Crippen molar-refractivity contribution in [2.45, 2.75) is 57.2 Å². The molecule has 4 N–H and O–H groups in total. The SMILES string of the molecule is Cc1cc(Nc2nc(N[C@@H]3C[C@H]4CC[C@@H](C3)N4CCC#N)nc3[nH]cc(C#N)c23)n[nH]1. The summed E-state index contributed by atoms with van der Waals surface area (Å²) in [6.45, 7) is 2.78. The topological polar surface area (TPSA) is 145 Å². The van der Waals surface area contributed by atoms with E-state index in [-0.39, 0.29) is 6.04 Å². The maximum atomic E-state index is 9.49. The number of aromatic amines is 2. The first-order chi connectivity index (χ1) is 15.1. The highest BCUT2D eigenvalue weighted by Gasteiger charge is 2.40. The summed E-state index contributed by atoms with van der Waals surface area (Å²) >= 11 is 0. The number of nitrogens with one attached hydrogen (secondary N) is 4. The fourth-order valence-electron chi connectivity index (χ4n) is 5.00. The third-order valence-electron chi connectivity index (χ3n) is 6.30. The number of nitriles is 2. The number of hydrogen-bond donors (Lipinski definition) is 4. The van der Waals surface area contributed by atoms with Crippen LogP contribution in [0.3, 0.4) is 0 Å². The second-order valence-corrected chi connectivity index (χ2v) is 8.34. The van der Waals surface area contributed by atoms with E-state index in [1.165, 1.54) is 12.8 Å². The second kappa shape index (κ2) is 7.89. The van der Waals surface area contributed by atoms with Gasteiger partial charge in [-0.25, -0.2) is 0 Å². The Labute approximate surface area is 179 Å². The maximum absolute atomic E-state index is 9.49. The number of piperidine rings is 1. The van der Waals surface area contributed by atoms with Gasteiger partial charge < -0.3 is 15.6 Å². The fourth-order valence-corrected chi connectivity index (χ4v) is 5.00. The number of rotatable bonds is 6. The maximum Gasteiger partial charge on any atom is 0.226 e. The lowest BCUT2D eigenvalue weighted by atomic mass is 9.97. The Bertz CT molecular complexity index is 1170. The van der Waals surface area contributed by atoms with Crippen molar-refractivity contribution in [2.75, 3.05) is 17.2 Å². The summed E-state index contributed by atoms with van der Waals surface area (Å²) in [4.78, 5) is 14.9. The summed E-state index contributed by atoms with van der Waals surface area (Å²) in [5.41, 5.74) is 2.03. The van der Waals surface area contributed by atoms with E-state index < -0.39 is 0 Å². The van der Waals surface area contributed by atoms with Gasteiger partial charge in [0.05, 0.1) is 17.0 Å². The van der Waals surface area contributed by atoms with Crippen LogP contribution in [0.25, 0.3) is 11.0 Å². The van der Waals surface area contributed by atoms with Gasteiger partial charge in [0.15, 0.2) is 5.82 Å². The first-order valence-electron chi connectivity index (χ1n) is 10.6. The van der Waals surface area contributed by atoms with Crippen molar-refractivity contribution < 1.29 is 0 Å². The Balaban J connectivity index is 1.40. The highest BCUT2D eigenvalue weighted by molar-refractivity contribution is 5.94. The van der Waals surface area contributed by atoms with Crippen LogP contribution in [-0.4, -0.2) is 54.7 Å². The molecule has 5 heterocycles. The smallest absolute Gasteiger partial charge is 0.226 e. The van der Waals surface area contributed by atoms with E-state index in [2.05, 4.69) is 47.8 Å². The molecule has 3 aromatic rings. The molecule has 2 bridgehead atoms. The summed E-state index contributed by atoms with van der Waals surface area (Å²) in [6, 6.07) is 7.64. The molecule has 0 aliphatic carbocycles. The van der Waals surface area contributed by atoms with E-state index in [0.717, 1.165) is 25.1 Å². The molecule has 2 aliphatic heterocycles. The molecule has 10 heteroatoms. The minimum Gasteiger partial charge on any atom is -0.351 e. The van der Waals surface area contributed by atoms with Gasteiger partial charge in [0, 0.05) is 49.0 Å². The molecule has 3 atom stereocenters. The van der Waals surface area contributed by atoms with E-state index >= 15 is 0 Å². The number of hydrogen-bond acceptors (Lipinski definition) is 8. The van der Waals surface area contributed by atoms with Crippen molar-refractivity contribution >= 4 is 28.6 Å². The van der Waals surface area contributed by atoms with Crippen LogP contribution in [0.15, 0.2) is 12.3 Å². The van der Waals surface area contributed by atoms with Crippen molar-refractivity contribution in [1.29, 1.82) is 10.5 Å². The Kier molecular flexibility index (Phi) is 4.92. The molecule has 5 rings (SSSR count). The van der Waals surface area contributed by atoms with Gasteiger partial charge in [-0.2, -0.15) is 25.6 Å². The van der Waals surface area contributed by atoms with Gasteiger partial charge in [-0.1, -0.05) is 0 Å². The minimum absolute atomic E-state index is 0.277. The van der Waals surface area contributed by atoms with Crippen molar-refractivity contribution in [2.24, 2.45) is 0 Å². The van der Waals surface area contributed by atoms with Crippen molar-refractivity contribution in [3.8, 4) is 12.1 Å². The van der Waals surface area contributed by atoms with Gasteiger partial charge in [0.25, 0.3) is 0 Å². The first-order valence-corrected chi connectivity index (χ1v) is 10.6. The van der Waals surface area contributed by atoms with Crippen molar-refractivity contribution in [3.63, 3.8) is 0 Å². The highest BCUT2D eigenvalue weighted by Crippen LogP contribution is 2.37. The molecule has 2 saturated heterocycles. The summed E-state index contributed by atoms with van der Waals surface area (Å²) in [5, 5.41) is 33.0. The fraction of sp³-hybridized carbons (Fsp3) is 0.476. The number of H-pyrrole nitrogens is 2. The van der Waals surface area contributed by atoms with Crippen LogP contribution in [0.5, 0.6) is 0 Å². The molecule has 2 fully saturated rings. The number of aryl methyl sites for hydroxylation is 1. The predicted molar refractivity (Wildman–Crippen MR) is 116 cm³/mol. The highest BCUT2D eigenvalue weighted by atomic mass is 15.3. The van der Waals surface area contributed by atoms with Crippen molar-refractivity contribution in [3.05, 3.63) is 23.5 Å². The zero-order valence-corrected chi connectivity index (χ0v) is 17.3. The zero-order chi connectivity index (χ0) is 21.4. The summed E-state index contributed by atoms with van der Waals surface area (Å²) in [6.07, 6.45) is 6.62. The van der Waals surface area contributed by atoms with Gasteiger partial charge in [-0.15, -0.1) is 0 Å². The molecule has 0 aromatic carbocycles. The first kappa shape index (κ1) is 19.3. The number of nitrogens with zero attached hydrogens (tertiary/aromatic N) is 6. The lowest BCUT2D eigenvalue weighted by molar-refractivity contribution is 0.135. The average Bonchev–Trinajstić information content (AvgIpc) is 3.42. The Morgan fingerprint density at radius 1 is 1.23 bits per heavy atom. The molecule has 3 aromatic heterocycles. The van der Waals surface area contributed by atoms with Gasteiger partial charge >= 0.3 is 0 Å². The van der Waals surface area contributed by atoms with Gasteiger partial charge in [-0.3, -0.25) is 10.00 Å². The van der Waals surface area contributed by atoms with E-state index in [0.29, 0.717) is 52.7 Å². The van der Waals surface area contributed by atoms with Crippen LogP contribution in [-0.2, 0) is 0 Å². The van der Waals surface area contributed by atoms with E-state index in [9.17, 15) is 5.26 Å². The van der Waals surface area contributed by atoms with E-state index in [4.69, 9.17) is 10.2 Å². The molecule has 0 amide bonds. The normalized spacial score (nSPS) is 22.9. The van der Waals surface area contributed by atoms with E-state index in [1.807, 2.05) is 13.0 Å².